The Morgan fingerprint density at radius 3 is 3.06 bits per heavy atom. The van der Waals surface area contributed by atoms with Crippen LogP contribution in [0.1, 0.15) is 29.7 Å². The molecule has 17 heavy (non-hydrogen) atoms. The van der Waals surface area contributed by atoms with Crippen LogP contribution in [-0.2, 0) is 11.3 Å². The minimum Gasteiger partial charge on any atom is -0.351 e. The Kier molecular flexibility index (Phi) is 4.18. The fourth-order valence-electron chi connectivity index (χ4n) is 1.72. The van der Waals surface area contributed by atoms with Gasteiger partial charge in [-0.3, -0.25) is 4.79 Å². The average molecular weight is 248 g/mol. The quantitative estimate of drug-likeness (QED) is 0.796. The van der Waals surface area contributed by atoms with Gasteiger partial charge in [0.15, 0.2) is 0 Å². The molecule has 1 heterocycles. The first kappa shape index (κ1) is 12.2. The maximum atomic E-state index is 11.7. The van der Waals surface area contributed by atoms with Crippen LogP contribution in [0.5, 0.6) is 0 Å². The van der Waals surface area contributed by atoms with E-state index in [0.717, 1.165) is 23.3 Å². The van der Waals surface area contributed by atoms with Crippen molar-refractivity contribution in [2.24, 2.45) is 11.7 Å². The van der Waals surface area contributed by atoms with Crippen molar-refractivity contribution in [3.63, 3.8) is 0 Å². The summed E-state index contributed by atoms with van der Waals surface area (Å²) in [6.07, 6.45) is 3.26. The number of carbonyl (C=O) groups excluding carboxylic acids is 1. The maximum absolute atomic E-state index is 11.7. The largest absolute Gasteiger partial charge is 0.351 e. The smallest absolute Gasteiger partial charge is 0.223 e. The van der Waals surface area contributed by atoms with Gasteiger partial charge in [-0.1, -0.05) is 18.3 Å². The molecule has 3 N–H and O–H groups in total. The van der Waals surface area contributed by atoms with E-state index in [1.54, 1.807) is 11.3 Å². The van der Waals surface area contributed by atoms with Gasteiger partial charge >= 0.3 is 0 Å². The Hall–Kier alpha value is -1.31. The second-order valence-electron chi connectivity index (χ2n) is 4.11. The lowest BCUT2D eigenvalue weighted by molar-refractivity contribution is -0.127. The Morgan fingerprint density at radius 1 is 1.59 bits per heavy atom. The maximum Gasteiger partial charge on any atom is 0.223 e. The summed E-state index contributed by atoms with van der Waals surface area (Å²) in [5.74, 6) is 6.28. The van der Waals surface area contributed by atoms with Gasteiger partial charge < -0.3 is 11.1 Å². The molecule has 90 valence electrons. The summed E-state index contributed by atoms with van der Waals surface area (Å²) in [5.41, 5.74) is 6.32. The van der Waals surface area contributed by atoms with Crippen LogP contribution in [0.4, 0.5) is 0 Å². The molecule has 0 spiro atoms. The molecule has 1 aliphatic rings. The number of thiophene rings is 1. The van der Waals surface area contributed by atoms with Gasteiger partial charge in [-0.25, -0.2) is 0 Å². The Balaban J connectivity index is 1.89. The number of hydrogen-bond donors (Lipinski definition) is 2. The molecule has 4 heteroatoms. The molecule has 0 bridgehead atoms. The van der Waals surface area contributed by atoms with Gasteiger partial charge in [0.1, 0.15) is 0 Å². The number of amides is 1. The Morgan fingerprint density at radius 2 is 2.41 bits per heavy atom. The Bertz CT molecular complexity index is 451. The van der Waals surface area contributed by atoms with Crippen molar-refractivity contribution in [1.29, 1.82) is 0 Å². The lowest BCUT2D eigenvalue weighted by Crippen LogP contribution is -2.33. The van der Waals surface area contributed by atoms with Gasteiger partial charge in [0, 0.05) is 16.4 Å². The summed E-state index contributed by atoms with van der Waals surface area (Å²) in [4.78, 5) is 12.8. The summed E-state index contributed by atoms with van der Waals surface area (Å²) in [6.45, 7) is 0.950. The average Bonchev–Trinajstić information content (AvgIpc) is 2.68. The van der Waals surface area contributed by atoms with Crippen LogP contribution in [0, 0.1) is 17.8 Å². The minimum atomic E-state index is 0.183. The number of nitrogens with two attached hydrogens (primary N) is 1. The Labute approximate surface area is 105 Å². The van der Waals surface area contributed by atoms with E-state index in [-0.39, 0.29) is 11.8 Å². The summed E-state index contributed by atoms with van der Waals surface area (Å²) >= 11 is 1.62. The molecule has 1 aromatic heterocycles. The SMILES string of the molecule is NCC#Cc1ccsc1CNC(=O)C1CCC1. The van der Waals surface area contributed by atoms with Crippen LogP contribution in [0.2, 0.25) is 0 Å². The molecule has 2 rings (SSSR count). The van der Waals surface area contributed by atoms with Gasteiger partial charge in [-0.15, -0.1) is 11.3 Å². The van der Waals surface area contributed by atoms with E-state index in [2.05, 4.69) is 17.2 Å². The van der Waals surface area contributed by atoms with Gasteiger partial charge in [0.05, 0.1) is 13.1 Å². The normalized spacial score (nSPS) is 14.6. The highest BCUT2D eigenvalue weighted by molar-refractivity contribution is 7.10. The molecule has 0 saturated heterocycles. The van der Waals surface area contributed by atoms with Crippen LogP contribution in [0.3, 0.4) is 0 Å². The monoisotopic (exact) mass is 248 g/mol. The standard InChI is InChI=1S/C13H16N2OS/c14-7-2-5-10-6-8-17-12(10)9-15-13(16)11-3-1-4-11/h6,8,11H,1,3-4,7,9,14H2,(H,15,16). The summed E-state index contributed by atoms with van der Waals surface area (Å²) < 4.78 is 0. The van der Waals surface area contributed by atoms with E-state index in [9.17, 15) is 4.79 Å². The molecule has 1 aliphatic carbocycles. The zero-order valence-electron chi connectivity index (χ0n) is 9.66. The summed E-state index contributed by atoms with van der Waals surface area (Å²) in [6, 6.07) is 1.97. The van der Waals surface area contributed by atoms with Gasteiger partial charge in [0.25, 0.3) is 0 Å². The molecule has 0 unspecified atom stereocenters. The highest BCUT2D eigenvalue weighted by atomic mass is 32.1. The van der Waals surface area contributed by atoms with Gasteiger partial charge in [-0.2, -0.15) is 0 Å². The van der Waals surface area contributed by atoms with Crippen LogP contribution in [-0.4, -0.2) is 12.5 Å². The number of hydrogen-bond acceptors (Lipinski definition) is 3. The van der Waals surface area contributed by atoms with Crippen molar-refractivity contribution < 1.29 is 4.79 Å². The van der Waals surface area contributed by atoms with E-state index < -0.39 is 0 Å². The van der Waals surface area contributed by atoms with Crippen LogP contribution in [0.25, 0.3) is 0 Å². The van der Waals surface area contributed by atoms with Crippen molar-refractivity contribution in [2.75, 3.05) is 6.54 Å². The van der Waals surface area contributed by atoms with Crippen LogP contribution >= 0.6 is 11.3 Å². The highest BCUT2D eigenvalue weighted by Crippen LogP contribution is 2.26. The molecule has 1 fully saturated rings. The van der Waals surface area contributed by atoms with Crippen LogP contribution < -0.4 is 11.1 Å². The molecule has 3 nitrogen and oxygen atoms in total. The third-order valence-electron chi connectivity index (χ3n) is 2.97. The number of nitrogens with one attached hydrogen (secondary N) is 1. The third-order valence-corrected chi connectivity index (χ3v) is 3.89. The molecule has 0 radical (unpaired) electrons. The molecule has 0 aromatic carbocycles. The summed E-state index contributed by atoms with van der Waals surface area (Å²) in [7, 11) is 0. The minimum absolute atomic E-state index is 0.183. The fraction of sp³-hybridized carbons (Fsp3) is 0.462. The first-order valence-corrected chi connectivity index (χ1v) is 6.72. The van der Waals surface area contributed by atoms with E-state index >= 15 is 0 Å². The second kappa shape index (κ2) is 5.85. The van der Waals surface area contributed by atoms with E-state index in [4.69, 9.17) is 5.73 Å². The van der Waals surface area contributed by atoms with Crippen molar-refractivity contribution in [1.82, 2.24) is 5.32 Å². The number of rotatable bonds is 3. The first-order chi connectivity index (χ1) is 8.31. The summed E-state index contributed by atoms with van der Waals surface area (Å²) in [5, 5.41) is 4.97. The van der Waals surface area contributed by atoms with Crippen molar-refractivity contribution in [3.05, 3.63) is 21.9 Å². The molecule has 0 aliphatic heterocycles. The van der Waals surface area contributed by atoms with Gasteiger partial charge in [-0.05, 0) is 24.3 Å². The van der Waals surface area contributed by atoms with Crippen molar-refractivity contribution in [2.45, 2.75) is 25.8 Å². The zero-order valence-corrected chi connectivity index (χ0v) is 10.5. The van der Waals surface area contributed by atoms with Crippen LogP contribution in [0.15, 0.2) is 11.4 Å². The van der Waals surface area contributed by atoms with E-state index in [1.807, 2.05) is 11.4 Å². The molecule has 1 aromatic rings. The molecule has 1 amide bonds. The van der Waals surface area contributed by atoms with Crippen molar-refractivity contribution in [3.8, 4) is 11.8 Å². The van der Waals surface area contributed by atoms with E-state index in [0.29, 0.717) is 13.1 Å². The third kappa shape index (κ3) is 3.09. The fourth-order valence-corrected chi connectivity index (χ4v) is 2.49. The second-order valence-corrected chi connectivity index (χ2v) is 5.11. The van der Waals surface area contributed by atoms with E-state index in [1.165, 1.54) is 6.42 Å². The first-order valence-electron chi connectivity index (χ1n) is 5.84. The molecule has 1 saturated carbocycles. The topological polar surface area (TPSA) is 55.1 Å². The predicted molar refractivity (Wildman–Crippen MR) is 69.4 cm³/mol. The molecular formula is C13H16N2OS. The lowest BCUT2D eigenvalue weighted by Gasteiger charge is -2.23. The molecular weight excluding hydrogens is 232 g/mol. The van der Waals surface area contributed by atoms with Gasteiger partial charge in [0.2, 0.25) is 5.91 Å². The number of carbonyl (C=O) groups is 1. The lowest BCUT2D eigenvalue weighted by atomic mass is 9.85. The predicted octanol–water partition coefficient (Wildman–Crippen LogP) is 1.47. The van der Waals surface area contributed by atoms with Crippen molar-refractivity contribution >= 4 is 17.2 Å². The zero-order chi connectivity index (χ0) is 12.1. The highest BCUT2D eigenvalue weighted by Gasteiger charge is 2.24. The molecule has 0 atom stereocenters.